The predicted molar refractivity (Wildman–Crippen MR) is 165 cm³/mol. The molecule has 1 fully saturated rings. The number of rotatable bonds is 5. The Balaban J connectivity index is 1.24. The Bertz CT molecular complexity index is 1640. The molecule has 0 atom stereocenters. The fourth-order valence-corrected chi connectivity index (χ4v) is 5.33. The number of anilines is 3. The average molecular weight is 566 g/mol. The summed E-state index contributed by atoms with van der Waals surface area (Å²) in [6.07, 6.45) is 1.92. The van der Waals surface area contributed by atoms with Gasteiger partial charge >= 0.3 is 6.03 Å². The van der Waals surface area contributed by atoms with E-state index in [0.29, 0.717) is 22.8 Å². The van der Waals surface area contributed by atoms with Gasteiger partial charge in [-0.15, -0.1) is 0 Å². The van der Waals surface area contributed by atoms with Gasteiger partial charge in [-0.1, -0.05) is 57.2 Å². The molecular formula is C33H35N5O4. The summed E-state index contributed by atoms with van der Waals surface area (Å²) in [4.78, 5) is 32.4. The first-order chi connectivity index (χ1) is 20.2. The van der Waals surface area contributed by atoms with E-state index >= 15 is 0 Å². The minimum atomic E-state index is -0.407. The SMILES string of the molecule is CC(C)(C)c1cc2c(c(NC(=O)Nc3ccc(-c4ccc(CN5CCOCC5)nc4)c4ccccc34)c1)OCC(=O)N2. The molecule has 3 aromatic carbocycles. The quantitative estimate of drug-likeness (QED) is 0.274. The van der Waals surface area contributed by atoms with E-state index in [1.54, 1.807) is 0 Å². The molecular weight excluding hydrogens is 530 g/mol. The standard InChI is InChI=1S/C33H35N5O4/c1-33(2,3)22-16-28-31(42-20-30(39)35-28)29(17-22)37-32(40)36-27-11-10-24(25-6-4-5-7-26(25)27)21-8-9-23(34-18-21)19-38-12-14-41-15-13-38/h4-11,16-18H,12-15,19-20H2,1-3H3,(H,35,39)(H2,36,37,40). The molecule has 0 saturated carbocycles. The molecule has 3 N–H and O–H groups in total. The van der Waals surface area contributed by atoms with Crippen molar-refractivity contribution in [3.05, 3.63) is 78.1 Å². The van der Waals surface area contributed by atoms with Crippen molar-refractivity contribution in [1.29, 1.82) is 0 Å². The second kappa shape index (κ2) is 11.4. The lowest BCUT2D eigenvalue weighted by Gasteiger charge is -2.26. The minimum absolute atomic E-state index is 0.104. The summed E-state index contributed by atoms with van der Waals surface area (Å²) >= 11 is 0. The minimum Gasteiger partial charge on any atom is -0.479 e. The zero-order valence-electron chi connectivity index (χ0n) is 24.1. The average Bonchev–Trinajstić information content (AvgIpc) is 2.97. The topological polar surface area (TPSA) is 105 Å². The van der Waals surface area contributed by atoms with E-state index in [1.807, 2.05) is 48.7 Å². The molecule has 3 heterocycles. The number of fused-ring (bicyclic) bond motifs is 2. The summed E-state index contributed by atoms with van der Waals surface area (Å²) in [6, 6.07) is 19.5. The van der Waals surface area contributed by atoms with Crippen LogP contribution in [0.25, 0.3) is 21.9 Å². The zero-order valence-corrected chi connectivity index (χ0v) is 24.1. The van der Waals surface area contributed by atoms with E-state index in [1.165, 1.54) is 0 Å². The highest BCUT2D eigenvalue weighted by Gasteiger charge is 2.25. The highest BCUT2D eigenvalue weighted by atomic mass is 16.5. The van der Waals surface area contributed by atoms with Crippen molar-refractivity contribution >= 4 is 39.8 Å². The number of aromatic nitrogens is 1. The van der Waals surface area contributed by atoms with Crippen molar-refractivity contribution in [2.45, 2.75) is 32.7 Å². The van der Waals surface area contributed by atoms with Crippen LogP contribution in [0.2, 0.25) is 0 Å². The van der Waals surface area contributed by atoms with Crippen LogP contribution < -0.4 is 20.7 Å². The lowest BCUT2D eigenvalue weighted by Crippen LogP contribution is -2.35. The maximum absolute atomic E-state index is 13.3. The van der Waals surface area contributed by atoms with Gasteiger partial charge < -0.3 is 25.4 Å². The second-order valence-corrected chi connectivity index (χ2v) is 11.7. The van der Waals surface area contributed by atoms with Crippen molar-refractivity contribution in [3.63, 3.8) is 0 Å². The van der Waals surface area contributed by atoms with Crippen LogP contribution in [-0.2, 0) is 21.5 Å². The molecule has 1 saturated heterocycles. The number of ether oxygens (including phenoxy) is 2. The van der Waals surface area contributed by atoms with Crippen molar-refractivity contribution in [2.75, 3.05) is 48.9 Å². The van der Waals surface area contributed by atoms with Crippen molar-refractivity contribution < 1.29 is 19.1 Å². The summed E-state index contributed by atoms with van der Waals surface area (Å²) < 4.78 is 11.2. The van der Waals surface area contributed by atoms with Gasteiger partial charge in [0.15, 0.2) is 12.4 Å². The third-order valence-electron chi connectivity index (χ3n) is 7.62. The molecule has 0 bridgehead atoms. The zero-order chi connectivity index (χ0) is 29.3. The number of amides is 3. The number of morpholine rings is 1. The van der Waals surface area contributed by atoms with Crippen LogP contribution in [0, 0.1) is 0 Å². The third kappa shape index (κ3) is 5.93. The van der Waals surface area contributed by atoms with Crippen LogP contribution in [0.5, 0.6) is 5.75 Å². The Morgan fingerprint density at radius 3 is 2.48 bits per heavy atom. The van der Waals surface area contributed by atoms with Gasteiger partial charge in [0, 0.05) is 36.8 Å². The number of nitrogens with zero attached hydrogens (tertiary/aromatic N) is 2. The van der Waals surface area contributed by atoms with Gasteiger partial charge in [-0.05, 0) is 46.2 Å². The fraction of sp³-hybridized carbons (Fsp3) is 0.303. The number of benzene rings is 3. The molecule has 4 aromatic rings. The fourth-order valence-electron chi connectivity index (χ4n) is 5.33. The van der Waals surface area contributed by atoms with Crippen LogP contribution in [-0.4, -0.2) is 54.7 Å². The lowest BCUT2D eigenvalue weighted by molar-refractivity contribution is -0.118. The Labute approximate surface area is 245 Å². The number of carbonyl (C=O) groups excluding carboxylic acids is 2. The first-order valence-corrected chi connectivity index (χ1v) is 14.2. The Hall–Kier alpha value is -4.47. The van der Waals surface area contributed by atoms with Gasteiger partial charge in [0.1, 0.15) is 0 Å². The second-order valence-electron chi connectivity index (χ2n) is 11.7. The highest BCUT2D eigenvalue weighted by molar-refractivity contribution is 6.10. The molecule has 0 spiro atoms. The molecule has 42 heavy (non-hydrogen) atoms. The van der Waals surface area contributed by atoms with Crippen molar-refractivity contribution in [1.82, 2.24) is 9.88 Å². The lowest BCUT2D eigenvalue weighted by atomic mass is 9.86. The first kappa shape index (κ1) is 27.7. The molecule has 0 radical (unpaired) electrons. The van der Waals surface area contributed by atoms with Crippen molar-refractivity contribution in [2.24, 2.45) is 0 Å². The smallest absolute Gasteiger partial charge is 0.323 e. The molecule has 0 unspecified atom stereocenters. The number of carbonyl (C=O) groups is 2. The summed E-state index contributed by atoms with van der Waals surface area (Å²) in [7, 11) is 0. The Kier molecular flexibility index (Phi) is 7.53. The number of urea groups is 1. The first-order valence-electron chi connectivity index (χ1n) is 14.2. The molecule has 1 aromatic heterocycles. The number of nitrogens with one attached hydrogen (secondary N) is 3. The van der Waals surface area contributed by atoms with Crippen LogP contribution in [0.3, 0.4) is 0 Å². The molecule has 9 heteroatoms. The number of hydrogen-bond donors (Lipinski definition) is 3. The van der Waals surface area contributed by atoms with E-state index in [2.05, 4.69) is 59.8 Å². The monoisotopic (exact) mass is 565 g/mol. The van der Waals surface area contributed by atoms with Gasteiger partial charge in [0.25, 0.3) is 5.91 Å². The van der Waals surface area contributed by atoms with E-state index in [4.69, 9.17) is 14.5 Å². The van der Waals surface area contributed by atoms with E-state index in [9.17, 15) is 9.59 Å². The molecule has 9 nitrogen and oxygen atoms in total. The maximum Gasteiger partial charge on any atom is 0.323 e. The molecule has 0 aliphatic carbocycles. The predicted octanol–water partition coefficient (Wildman–Crippen LogP) is 6.01. The molecule has 3 amide bonds. The van der Waals surface area contributed by atoms with Crippen LogP contribution in [0.4, 0.5) is 21.9 Å². The number of pyridine rings is 1. The van der Waals surface area contributed by atoms with Crippen LogP contribution in [0.1, 0.15) is 32.0 Å². The summed E-state index contributed by atoms with van der Waals surface area (Å²) in [5.74, 6) is 0.222. The third-order valence-corrected chi connectivity index (χ3v) is 7.62. The van der Waals surface area contributed by atoms with Gasteiger partial charge in [0.2, 0.25) is 0 Å². The van der Waals surface area contributed by atoms with E-state index < -0.39 is 6.03 Å². The van der Waals surface area contributed by atoms with Crippen molar-refractivity contribution in [3.8, 4) is 16.9 Å². The number of hydrogen-bond acceptors (Lipinski definition) is 6. The van der Waals surface area contributed by atoms with E-state index in [0.717, 1.165) is 66.0 Å². The van der Waals surface area contributed by atoms with Gasteiger partial charge in [-0.3, -0.25) is 14.7 Å². The Morgan fingerprint density at radius 1 is 0.976 bits per heavy atom. The largest absolute Gasteiger partial charge is 0.479 e. The summed E-state index contributed by atoms with van der Waals surface area (Å²) in [5, 5.41) is 10.7. The maximum atomic E-state index is 13.3. The van der Waals surface area contributed by atoms with Gasteiger partial charge in [-0.25, -0.2) is 4.79 Å². The highest BCUT2D eigenvalue weighted by Crippen LogP contribution is 2.40. The molecule has 2 aliphatic heterocycles. The molecule has 2 aliphatic rings. The van der Waals surface area contributed by atoms with Gasteiger partial charge in [0.05, 0.1) is 36.0 Å². The van der Waals surface area contributed by atoms with E-state index in [-0.39, 0.29) is 17.9 Å². The normalized spacial score (nSPS) is 15.5. The Morgan fingerprint density at radius 2 is 1.74 bits per heavy atom. The van der Waals surface area contributed by atoms with Crippen LogP contribution >= 0.6 is 0 Å². The summed E-state index contributed by atoms with van der Waals surface area (Å²) in [5.41, 5.74) is 5.57. The molecule has 6 rings (SSSR count). The molecule has 216 valence electrons. The van der Waals surface area contributed by atoms with Gasteiger partial charge in [-0.2, -0.15) is 0 Å². The van der Waals surface area contributed by atoms with Crippen LogP contribution in [0.15, 0.2) is 66.9 Å². The summed E-state index contributed by atoms with van der Waals surface area (Å²) in [6.45, 7) is 10.3.